The summed E-state index contributed by atoms with van der Waals surface area (Å²) < 4.78 is 0. The zero-order chi connectivity index (χ0) is 13.0. The highest BCUT2D eigenvalue weighted by molar-refractivity contribution is 7.99. The molecular formula is C14H19NO2S. The number of phenols is 1. The van der Waals surface area contributed by atoms with Gasteiger partial charge in [-0.2, -0.15) is 11.8 Å². The summed E-state index contributed by atoms with van der Waals surface area (Å²) in [5.41, 5.74) is 1.49. The van der Waals surface area contributed by atoms with Crippen LogP contribution in [0.3, 0.4) is 0 Å². The standard InChI is InChI=1S/C14H19NO2S/c1-10-2-3-12(13(16)8-10)15-14(17)9-11-4-6-18-7-5-11/h2-3,8,11,16H,4-7,9H2,1H3,(H,15,17). The van der Waals surface area contributed by atoms with Crippen molar-refractivity contribution in [2.24, 2.45) is 5.92 Å². The number of phenolic OH excluding ortho intramolecular Hbond substituents is 1. The van der Waals surface area contributed by atoms with Gasteiger partial charge in [-0.15, -0.1) is 0 Å². The van der Waals surface area contributed by atoms with Crippen LogP contribution in [0.4, 0.5) is 5.69 Å². The van der Waals surface area contributed by atoms with E-state index in [1.165, 1.54) is 0 Å². The normalized spacial score (nSPS) is 16.5. The fourth-order valence-electron chi connectivity index (χ4n) is 2.16. The first-order valence-electron chi connectivity index (χ1n) is 6.32. The second-order valence-electron chi connectivity index (χ2n) is 4.83. The fourth-order valence-corrected chi connectivity index (χ4v) is 3.37. The van der Waals surface area contributed by atoms with Crippen LogP contribution in [0.2, 0.25) is 0 Å². The predicted octanol–water partition coefficient (Wildman–Crippen LogP) is 3.17. The van der Waals surface area contributed by atoms with E-state index in [4.69, 9.17) is 0 Å². The second kappa shape index (κ2) is 6.14. The number of hydrogen-bond donors (Lipinski definition) is 2. The monoisotopic (exact) mass is 265 g/mol. The quantitative estimate of drug-likeness (QED) is 0.825. The molecule has 0 aliphatic carbocycles. The molecule has 0 atom stereocenters. The Labute approximate surface area is 112 Å². The van der Waals surface area contributed by atoms with Crippen LogP contribution in [0.1, 0.15) is 24.8 Å². The van der Waals surface area contributed by atoms with Crippen LogP contribution in [-0.4, -0.2) is 22.5 Å². The van der Waals surface area contributed by atoms with Gasteiger partial charge in [0.15, 0.2) is 0 Å². The van der Waals surface area contributed by atoms with E-state index in [9.17, 15) is 9.90 Å². The molecule has 18 heavy (non-hydrogen) atoms. The van der Waals surface area contributed by atoms with Crippen LogP contribution in [-0.2, 0) is 4.79 Å². The first-order valence-corrected chi connectivity index (χ1v) is 7.48. The van der Waals surface area contributed by atoms with E-state index in [0.29, 0.717) is 18.0 Å². The number of carbonyl (C=O) groups is 1. The van der Waals surface area contributed by atoms with E-state index in [1.807, 2.05) is 24.8 Å². The molecule has 0 spiro atoms. The Kier molecular flexibility index (Phi) is 4.53. The average molecular weight is 265 g/mol. The smallest absolute Gasteiger partial charge is 0.224 e. The molecule has 0 aromatic heterocycles. The van der Waals surface area contributed by atoms with Gasteiger partial charge in [0.05, 0.1) is 5.69 Å². The van der Waals surface area contributed by atoms with Crippen molar-refractivity contribution in [2.45, 2.75) is 26.2 Å². The molecule has 1 aliphatic rings. The van der Waals surface area contributed by atoms with Crippen molar-refractivity contribution >= 4 is 23.4 Å². The summed E-state index contributed by atoms with van der Waals surface area (Å²) in [4.78, 5) is 11.9. The summed E-state index contributed by atoms with van der Waals surface area (Å²) in [7, 11) is 0. The minimum atomic E-state index is 0.00560. The van der Waals surface area contributed by atoms with E-state index in [0.717, 1.165) is 29.9 Å². The first kappa shape index (κ1) is 13.3. The highest BCUT2D eigenvalue weighted by atomic mass is 32.2. The Hall–Kier alpha value is -1.16. The van der Waals surface area contributed by atoms with Gasteiger partial charge < -0.3 is 10.4 Å². The molecule has 1 amide bonds. The van der Waals surface area contributed by atoms with Gasteiger partial charge in [0.25, 0.3) is 0 Å². The summed E-state index contributed by atoms with van der Waals surface area (Å²) >= 11 is 1.96. The van der Waals surface area contributed by atoms with Gasteiger partial charge in [-0.1, -0.05) is 6.07 Å². The lowest BCUT2D eigenvalue weighted by molar-refractivity contribution is -0.117. The molecule has 0 unspecified atom stereocenters. The lowest BCUT2D eigenvalue weighted by atomic mass is 9.98. The van der Waals surface area contributed by atoms with E-state index in [2.05, 4.69) is 5.32 Å². The molecule has 3 nitrogen and oxygen atoms in total. The van der Waals surface area contributed by atoms with Crippen molar-refractivity contribution in [1.29, 1.82) is 0 Å². The van der Waals surface area contributed by atoms with Crippen LogP contribution in [0.25, 0.3) is 0 Å². The van der Waals surface area contributed by atoms with E-state index in [1.54, 1.807) is 12.1 Å². The number of thioether (sulfide) groups is 1. The van der Waals surface area contributed by atoms with Crippen LogP contribution >= 0.6 is 11.8 Å². The minimum Gasteiger partial charge on any atom is -0.506 e. The number of aromatic hydroxyl groups is 1. The Morgan fingerprint density at radius 1 is 1.44 bits per heavy atom. The van der Waals surface area contributed by atoms with E-state index < -0.39 is 0 Å². The van der Waals surface area contributed by atoms with Crippen molar-refractivity contribution in [3.8, 4) is 5.75 Å². The highest BCUT2D eigenvalue weighted by Gasteiger charge is 2.17. The Balaban J connectivity index is 1.90. The van der Waals surface area contributed by atoms with Gasteiger partial charge in [0.1, 0.15) is 5.75 Å². The lowest BCUT2D eigenvalue weighted by Gasteiger charge is -2.20. The van der Waals surface area contributed by atoms with Crippen molar-refractivity contribution in [2.75, 3.05) is 16.8 Å². The minimum absolute atomic E-state index is 0.00560. The largest absolute Gasteiger partial charge is 0.506 e. The van der Waals surface area contributed by atoms with Crippen molar-refractivity contribution in [3.63, 3.8) is 0 Å². The maximum atomic E-state index is 11.9. The van der Waals surface area contributed by atoms with Crippen LogP contribution in [0.5, 0.6) is 5.75 Å². The molecule has 98 valence electrons. The molecule has 2 N–H and O–H groups in total. The van der Waals surface area contributed by atoms with Crippen molar-refractivity contribution in [1.82, 2.24) is 0 Å². The molecule has 0 bridgehead atoms. The molecule has 1 fully saturated rings. The summed E-state index contributed by atoms with van der Waals surface area (Å²) in [5, 5.41) is 12.5. The SMILES string of the molecule is Cc1ccc(NC(=O)CC2CCSCC2)c(O)c1. The molecular weight excluding hydrogens is 246 g/mol. The third kappa shape index (κ3) is 3.67. The van der Waals surface area contributed by atoms with Gasteiger partial charge in [-0.25, -0.2) is 0 Å². The zero-order valence-corrected chi connectivity index (χ0v) is 11.4. The number of carbonyl (C=O) groups excluding carboxylic acids is 1. The third-order valence-electron chi connectivity index (χ3n) is 3.24. The molecule has 1 aromatic carbocycles. The zero-order valence-electron chi connectivity index (χ0n) is 10.6. The maximum Gasteiger partial charge on any atom is 0.224 e. The van der Waals surface area contributed by atoms with Gasteiger partial charge in [0.2, 0.25) is 5.91 Å². The molecule has 0 radical (unpaired) electrons. The van der Waals surface area contributed by atoms with E-state index >= 15 is 0 Å². The molecule has 1 aromatic rings. The van der Waals surface area contributed by atoms with Crippen molar-refractivity contribution < 1.29 is 9.90 Å². The highest BCUT2D eigenvalue weighted by Crippen LogP contribution is 2.27. The second-order valence-corrected chi connectivity index (χ2v) is 6.05. The molecule has 0 saturated carbocycles. The predicted molar refractivity (Wildman–Crippen MR) is 76.1 cm³/mol. The van der Waals surface area contributed by atoms with Crippen molar-refractivity contribution in [3.05, 3.63) is 23.8 Å². The molecule has 1 saturated heterocycles. The number of nitrogens with one attached hydrogen (secondary N) is 1. The van der Waals surface area contributed by atoms with Gasteiger partial charge in [-0.3, -0.25) is 4.79 Å². The van der Waals surface area contributed by atoms with Gasteiger partial charge in [-0.05, 0) is 54.9 Å². The number of aryl methyl sites for hydroxylation is 1. The maximum absolute atomic E-state index is 11.9. The third-order valence-corrected chi connectivity index (χ3v) is 4.29. The summed E-state index contributed by atoms with van der Waals surface area (Å²) in [6.45, 7) is 1.91. The number of hydrogen-bond acceptors (Lipinski definition) is 3. The molecule has 1 aliphatic heterocycles. The summed E-state index contributed by atoms with van der Waals surface area (Å²) in [5.74, 6) is 2.97. The topological polar surface area (TPSA) is 49.3 Å². The number of benzene rings is 1. The Morgan fingerprint density at radius 3 is 2.83 bits per heavy atom. The number of rotatable bonds is 3. The number of amides is 1. The Bertz CT molecular complexity index is 428. The van der Waals surface area contributed by atoms with Crippen LogP contribution in [0.15, 0.2) is 18.2 Å². The molecule has 4 heteroatoms. The average Bonchev–Trinajstić information content (AvgIpc) is 2.34. The summed E-state index contributed by atoms with van der Waals surface area (Å²) in [6, 6.07) is 5.29. The van der Waals surface area contributed by atoms with Gasteiger partial charge >= 0.3 is 0 Å². The Morgan fingerprint density at radius 2 is 2.17 bits per heavy atom. The lowest BCUT2D eigenvalue weighted by Crippen LogP contribution is -2.19. The van der Waals surface area contributed by atoms with Gasteiger partial charge in [0, 0.05) is 6.42 Å². The van der Waals surface area contributed by atoms with E-state index in [-0.39, 0.29) is 11.7 Å². The first-order chi connectivity index (χ1) is 8.65. The van der Waals surface area contributed by atoms with Crippen LogP contribution < -0.4 is 5.32 Å². The summed E-state index contributed by atoms with van der Waals surface area (Å²) in [6.07, 6.45) is 2.81. The fraction of sp³-hybridized carbons (Fsp3) is 0.500. The van der Waals surface area contributed by atoms with Crippen LogP contribution in [0, 0.1) is 12.8 Å². The number of anilines is 1. The molecule has 2 rings (SSSR count). The molecule has 1 heterocycles.